The molecule has 0 aromatic rings. The van der Waals surface area contributed by atoms with Gasteiger partial charge in [-0.25, -0.2) is 4.79 Å². The van der Waals surface area contributed by atoms with Gasteiger partial charge in [-0.1, -0.05) is 5.16 Å². The second kappa shape index (κ2) is 6.45. The second-order valence-corrected chi connectivity index (χ2v) is 2.26. The average Bonchev–Trinajstić information content (AvgIpc) is 1.98. The van der Waals surface area contributed by atoms with Crippen LogP contribution in [0.2, 0.25) is 0 Å². The van der Waals surface area contributed by atoms with Crippen LogP contribution in [0.15, 0.2) is 5.16 Å². The van der Waals surface area contributed by atoms with Crippen LogP contribution in [0.4, 0.5) is 0 Å². The molecule has 0 saturated carbocycles. The lowest BCUT2D eigenvalue weighted by molar-refractivity contribution is -0.148. The molecule has 0 aliphatic rings. The number of carbonyl (C=O) groups is 1. The topological polar surface area (TPSA) is 51.1 Å². The van der Waals surface area contributed by atoms with Gasteiger partial charge < -0.3 is 14.5 Å². The van der Waals surface area contributed by atoms with E-state index in [4.69, 9.17) is 0 Å². The highest BCUT2D eigenvalue weighted by Crippen LogP contribution is 1.81. The number of hydrogen-bond acceptors (Lipinski definition) is 4. The first kappa shape index (κ1) is 10.7. The smallest absolute Gasteiger partial charge is 0.347 e. The zero-order valence-corrected chi connectivity index (χ0v) is 7.61. The molecule has 12 heavy (non-hydrogen) atoms. The molecule has 0 fully saturated rings. The van der Waals surface area contributed by atoms with Gasteiger partial charge in [0.1, 0.15) is 6.34 Å². The van der Waals surface area contributed by atoms with E-state index in [1.54, 1.807) is 25.9 Å². The maximum absolute atomic E-state index is 10.7. The predicted molar refractivity (Wildman–Crippen MR) is 44.8 cm³/mol. The molecule has 0 N–H and O–H groups in total. The summed E-state index contributed by atoms with van der Waals surface area (Å²) in [4.78, 5) is 17.0. The summed E-state index contributed by atoms with van der Waals surface area (Å²) < 4.78 is 4.60. The van der Waals surface area contributed by atoms with E-state index < -0.39 is 5.97 Å². The summed E-state index contributed by atoms with van der Waals surface area (Å²) in [6.45, 7) is 1.96. The summed E-state index contributed by atoms with van der Waals surface area (Å²) in [5.41, 5.74) is 0. The van der Waals surface area contributed by atoms with Crippen molar-refractivity contribution in [2.45, 2.75) is 6.92 Å². The van der Waals surface area contributed by atoms with Crippen LogP contribution in [0.1, 0.15) is 6.92 Å². The molecule has 0 aromatic heterocycles. The first-order valence-corrected chi connectivity index (χ1v) is 3.64. The molecule has 5 heteroatoms. The minimum absolute atomic E-state index is 0.141. The molecule has 0 bridgehead atoms. The molecular weight excluding hydrogens is 160 g/mol. The first-order valence-electron chi connectivity index (χ1n) is 3.64. The highest BCUT2D eigenvalue weighted by Gasteiger charge is 1.99. The number of oxime groups is 1. The Labute approximate surface area is 71.9 Å². The number of ether oxygens (including phenoxy) is 1. The Morgan fingerprint density at radius 1 is 1.58 bits per heavy atom. The van der Waals surface area contributed by atoms with Crippen molar-refractivity contribution in [2.75, 3.05) is 27.3 Å². The number of rotatable bonds is 5. The standard InChI is InChI=1S/C7H14N2O3/c1-4-11-7(10)5-12-8-6-9(2)3/h6H,4-5H2,1-3H3. The van der Waals surface area contributed by atoms with Crippen molar-refractivity contribution in [1.29, 1.82) is 0 Å². The van der Waals surface area contributed by atoms with Crippen molar-refractivity contribution in [3.05, 3.63) is 0 Å². The Morgan fingerprint density at radius 3 is 2.75 bits per heavy atom. The first-order chi connectivity index (χ1) is 5.66. The zero-order valence-electron chi connectivity index (χ0n) is 7.61. The van der Waals surface area contributed by atoms with Crippen molar-refractivity contribution in [1.82, 2.24) is 4.90 Å². The Morgan fingerprint density at radius 2 is 2.25 bits per heavy atom. The third kappa shape index (κ3) is 6.85. The summed E-state index contributed by atoms with van der Waals surface area (Å²) in [5, 5.41) is 3.49. The van der Waals surface area contributed by atoms with Gasteiger partial charge >= 0.3 is 5.97 Å². The van der Waals surface area contributed by atoms with Crippen LogP contribution in [0, 0.1) is 0 Å². The lowest BCUT2D eigenvalue weighted by Crippen LogP contribution is -2.12. The van der Waals surface area contributed by atoms with Crippen molar-refractivity contribution < 1.29 is 14.4 Å². The van der Waals surface area contributed by atoms with Gasteiger partial charge in [-0.05, 0) is 6.92 Å². The molecule has 0 amide bonds. The van der Waals surface area contributed by atoms with Crippen LogP contribution < -0.4 is 0 Å². The quantitative estimate of drug-likeness (QED) is 0.256. The Bertz CT molecular complexity index is 157. The molecule has 0 radical (unpaired) electrons. The van der Waals surface area contributed by atoms with Gasteiger partial charge in [0.15, 0.2) is 0 Å². The van der Waals surface area contributed by atoms with Crippen molar-refractivity contribution in [3.8, 4) is 0 Å². The number of hydrogen-bond donors (Lipinski definition) is 0. The number of esters is 1. The van der Waals surface area contributed by atoms with Crippen molar-refractivity contribution in [2.24, 2.45) is 5.16 Å². The molecule has 0 unspecified atom stereocenters. The van der Waals surface area contributed by atoms with Crippen LogP contribution in [-0.4, -0.2) is 44.5 Å². The van der Waals surface area contributed by atoms with Crippen LogP contribution in [0.5, 0.6) is 0 Å². The summed E-state index contributed by atoms with van der Waals surface area (Å²) >= 11 is 0. The molecule has 5 nitrogen and oxygen atoms in total. The molecule has 70 valence electrons. The van der Waals surface area contributed by atoms with E-state index in [2.05, 4.69) is 14.7 Å². The fraction of sp³-hybridized carbons (Fsp3) is 0.714. The molecular formula is C7H14N2O3. The van der Waals surface area contributed by atoms with E-state index >= 15 is 0 Å². The zero-order chi connectivity index (χ0) is 9.40. The molecule has 0 heterocycles. The fourth-order valence-electron chi connectivity index (χ4n) is 0.420. The Balaban J connectivity index is 3.36. The molecule has 0 atom stereocenters. The Kier molecular flexibility index (Phi) is 5.77. The molecule has 0 rings (SSSR count). The van der Waals surface area contributed by atoms with Gasteiger partial charge in [0, 0.05) is 14.1 Å². The van der Waals surface area contributed by atoms with Crippen LogP contribution in [0.25, 0.3) is 0 Å². The minimum atomic E-state index is -0.409. The normalized spacial score (nSPS) is 9.92. The minimum Gasteiger partial charge on any atom is -0.463 e. The van der Waals surface area contributed by atoms with E-state index in [1.807, 2.05) is 0 Å². The van der Waals surface area contributed by atoms with E-state index in [-0.39, 0.29) is 6.61 Å². The van der Waals surface area contributed by atoms with E-state index in [0.717, 1.165) is 0 Å². The predicted octanol–water partition coefficient (Wildman–Crippen LogP) is 0.0710. The van der Waals surface area contributed by atoms with Gasteiger partial charge in [0.25, 0.3) is 0 Å². The van der Waals surface area contributed by atoms with Gasteiger partial charge in [-0.2, -0.15) is 0 Å². The van der Waals surface area contributed by atoms with Gasteiger partial charge in [0.2, 0.25) is 6.61 Å². The second-order valence-electron chi connectivity index (χ2n) is 2.26. The maximum atomic E-state index is 10.7. The number of carbonyl (C=O) groups excluding carboxylic acids is 1. The summed E-state index contributed by atoms with van der Waals surface area (Å²) in [7, 11) is 3.61. The molecule has 0 aliphatic carbocycles. The molecule has 0 spiro atoms. The monoisotopic (exact) mass is 174 g/mol. The Hall–Kier alpha value is -1.26. The van der Waals surface area contributed by atoms with Crippen LogP contribution in [0.3, 0.4) is 0 Å². The molecule has 0 saturated heterocycles. The summed E-state index contributed by atoms with van der Waals surface area (Å²) in [5.74, 6) is -0.409. The third-order valence-electron chi connectivity index (χ3n) is 0.840. The fourth-order valence-corrected chi connectivity index (χ4v) is 0.420. The highest BCUT2D eigenvalue weighted by molar-refractivity contribution is 5.70. The van der Waals surface area contributed by atoms with E-state index in [0.29, 0.717) is 6.61 Å². The lowest BCUT2D eigenvalue weighted by Gasteiger charge is -2.02. The summed E-state index contributed by atoms with van der Waals surface area (Å²) in [6.07, 6.45) is 1.46. The maximum Gasteiger partial charge on any atom is 0.347 e. The van der Waals surface area contributed by atoms with E-state index in [9.17, 15) is 4.79 Å². The third-order valence-corrected chi connectivity index (χ3v) is 0.840. The molecule has 0 aromatic carbocycles. The van der Waals surface area contributed by atoms with Gasteiger partial charge in [0.05, 0.1) is 6.61 Å². The lowest BCUT2D eigenvalue weighted by atomic mass is 10.7. The van der Waals surface area contributed by atoms with Gasteiger partial charge in [-0.3, -0.25) is 0 Å². The van der Waals surface area contributed by atoms with Crippen LogP contribution in [-0.2, 0) is 14.4 Å². The van der Waals surface area contributed by atoms with Crippen LogP contribution >= 0.6 is 0 Å². The van der Waals surface area contributed by atoms with Gasteiger partial charge in [-0.15, -0.1) is 0 Å². The highest BCUT2D eigenvalue weighted by atomic mass is 16.7. The SMILES string of the molecule is CCOC(=O)CON=CN(C)C. The summed E-state index contributed by atoms with van der Waals surface area (Å²) in [6, 6.07) is 0. The largest absolute Gasteiger partial charge is 0.463 e. The van der Waals surface area contributed by atoms with Crippen molar-refractivity contribution >= 4 is 12.3 Å². The number of nitrogens with zero attached hydrogens (tertiary/aromatic N) is 2. The van der Waals surface area contributed by atoms with Crippen molar-refractivity contribution in [3.63, 3.8) is 0 Å². The van der Waals surface area contributed by atoms with E-state index in [1.165, 1.54) is 6.34 Å². The average molecular weight is 174 g/mol. The molecule has 0 aliphatic heterocycles.